The molecule has 1 aliphatic rings. The molecule has 3 aromatic rings. The van der Waals surface area contributed by atoms with Gasteiger partial charge in [-0.1, -0.05) is 25.1 Å². The average Bonchev–Trinajstić information content (AvgIpc) is 3.28. The van der Waals surface area contributed by atoms with Gasteiger partial charge in [0, 0.05) is 42.1 Å². The Hall–Kier alpha value is -1.63. The second-order valence-electron chi connectivity index (χ2n) is 6.97. The summed E-state index contributed by atoms with van der Waals surface area (Å²) in [5.41, 5.74) is 2.59. The maximum Gasteiger partial charge on any atom is 0.252 e. The summed E-state index contributed by atoms with van der Waals surface area (Å²) in [6.45, 7) is 3.24. The fraction of sp³-hybridized carbons (Fsp3) is 0.400. The van der Waals surface area contributed by atoms with E-state index in [1.165, 1.54) is 27.8 Å². The molecular formula is C20H24N2O2S2. The first kappa shape index (κ1) is 17.8. The van der Waals surface area contributed by atoms with E-state index in [1.807, 2.05) is 6.07 Å². The van der Waals surface area contributed by atoms with Gasteiger partial charge in [0.25, 0.3) is 10.0 Å². The number of nitrogens with zero attached hydrogens (tertiary/aromatic N) is 2. The van der Waals surface area contributed by atoms with Gasteiger partial charge >= 0.3 is 0 Å². The second kappa shape index (κ2) is 6.83. The highest BCUT2D eigenvalue weighted by Gasteiger charge is 2.31. The zero-order chi connectivity index (χ0) is 18.3. The number of piperidine rings is 1. The van der Waals surface area contributed by atoms with Crippen LogP contribution in [-0.2, 0) is 23.5 Å². The van der Waals surface area contributed by atoms with E-state index in [0.29, 0.717) is 23.2 Å². The van der Waals surface area contributed by atoms with Gasteiger partial charge in [-0.15, -0.1) is 11.3 Å². The van der Waals surface area contributed by atoms with Gasteiger partial charge in [-0.2, -0.15) is 4.31 Å². The summed E-state index contributed by atoms with van der Waals surface area (Å²) in [7, 11) is -1.27. The third-order valence-corrected chi connectivity index (χ3v) is 9.00. The number of benzene rings is 1. The standard InChI is InChI=1S/C20H24N2O2S2/c1-3-16-8-9-20(25-16)26(23,24)22-12-10-15(11-13-22)18-14-21(2)19-7-5-4-6-17(18)19/h4-9,14-15H,3,10-13H2,1-2H3. The van der Waals surface area contributed by atoms with Crippen molar-refractivity contribution < 1.29 is 8.42 Å². The quantitative estimate of drug-likeness (QED) is 0.666. The van der Waals surface area contributed by atoms with Gasteiger partial charge < -0.3 is 4.57 Å². The predicted molar refractivity (Wildman–Crippen MR) is 107 cm³/mol. The molecule has 2 aromatic heterocycles. The molecule has 6 heteroatoms. The first-order valence-corrected chi connectivity index (χ1v) is 11.4. The van der Waals surface area contributed by atoms with Crippen LogP contribution in [0.1, 0.15) is 36.1 Å². The van der Waals surface area contributed by atoms with Gasteiger partial charge in [0.2, 0.25) is 0 Å². The highest BCUT2D eigenvalue weighted by atomic mass is 32.2. The first-order valence-electron chi connectivity index (χ1n) is 9.13. The van der Waals surface area contributed by atoms with Crippen molar-refractivity contribution in [2.24, 2.45) is 7.05 Å². The third-order valence-electron chi connectivity index (χ3n) is 5.40. The van der Waals surface area contributed by atoms with Crippen molar-refractivity contribution >= 4 is 32.3 Å². The van der Waals surface area contributed by atoms with Crippen molar-refractivity contribution in [3.63, 3.8) is 0 Å². The SMILES string of the molecule is CCc1ccc(S(=O)(=O)N2CCC(c3cn(C)c4ccccc34)CC2)s1. The third kappa shape index (κ3) is 3.00. The smallest absolute Gasteiger partial charge is 0.252 e. The van der Waals surface area contributed by atoms with Crippen LogP contribution in [0.2, 0.25) is 0 Å². The molecule has 1 aliphatic heterocycles. The van der Waals surface area contributed by atoms with Crippen LogP contribution >= 0.6 is 11.3 Å². The van der Waals surface area contributed by atoms with Gasteiger partial charge in [0.1, 0.15) is 4.21 Å². The van der Waals surface area contributed by atoms with Gasteiger partial charge in [0.15, 0.2) is 0 Å². The Balaban J connectivity index is 1.53. The van der Waals surface area contributed by atoms with E-state index in [0.717, 1.165) is 24.1 Å². The maximum absolute atomic E-state index is 12.9. The number of aromatic nitrogens is 1. The highest BCUT2D eigenvalue weighted by Crippen LogP contribution is 2.36. The van der Waals surface area contributed by atoms with E-state index in [1.54, 1.807) is 10.4 Å². The number of sulfonamides is 1. The van der Waals surface area contributed by atoms with Crippen LogP contribution < -0.4 is 0 Å². The molecule has 138 valence electrons. The lowest BCUT2D eigenvalue weighted by atomic mass is 9.90. The van der Waals surface area contributed by atoms with Gasteiger partial charge in [-0.05, 0) is 48.9 Å². The van der Waals surface area contributed by atoms with Gasteiger partial charge in [-0.3, -0.25) is 0 Å². The molecule has 26 heavy (non-hydrogen) atoms. The van der Waals surface area contributed by atoms with Crippen LogP contribution in [0.4, 0.5) is 0 Å². The summed E-state index contributed by atoms with van der Waals surface area (Å²) >= 11 is 1.40. The summed E-state index contributed by atoms with van der Waals surface area (Å²) < 4.78 is 30.1. The molecule has 0 N–H and O–H groups in total. The fourth-order valence-corrected chi connectivity index (χ4v) is 6.84. The average molecular weight is 389 g/mol. The van der Waals surface area contributed by atoms with Crippen molar-refractivity contribution in [2.45, 2.75) is 36.3 Å². The topological polar surface area (TPSA) is 42.3 Å². The lowest BCUT2D eigenvalue weighted by Gasteiger charge is -2.30. The van der Waals surface area contributed by atoms with Crippen molar-refractivity contribution in [2.75, 3.05) is 13.1 Å². The number of hydrogen-bond donors (Lipinski definition) is 0. The predicted octanol–water partition coefficient (Wildman–Crippen LogP) is 4.37. The Morgan fingerprint density at radius 1 is 1.12 bits per heavy atom. The summed E-state index contributed by atoms with van der Waals surface area (Å²) in [5, 5.41) is 1.29. The molecule has 4 nitrogen and oxygen atoms in total. The Bertz CT molecular complexity index is 1030. The molecular weight excluding hydrogens is 364 g/mol. The molecule has 1 fully saturated rings. The van der Waals surface area contributed by atoms with Crippen LogP contribution in [0.25, 0.3) is 10.9 Å². The molecule has 3 heterocycles. The molecule has 0 aliphatic carbocycles. The number of thiophene rings is 1. The van der Waals surface area contributed by atoms with Crippen LogP contribution in [0.5, 0.6) is 0 Å². The van der Waals surface area contributed by atoms with E-state index >= 15 is 0 Å². The molecule has 1 saturated heterocycles. The van der Waals surface area contributed by atoms with Crippen molar-refractivity contribution in [3.05, 3.63) is 53.0 Å². The van der Waals surface area contributed by atoms with Crippen LogP contribution in [-0.4, -0.2) is 30.4 Å². The number of hydrogen-bond acceptors (Lipinski definition) is 3. The van der Waals surface area contributed by atoms with Crippen LogP contribution in [0.3, 0.4) is 0 Å². The van der Waals surface area contributed by atoms with Gasteiger partial charge in [-0.25, -0.2) is 8.42 Å². The normalized spacial score (nSPS) is 17.2. The molecule has 0 atom stereocenters. The Morgan fingerprint density at radius 3 is 2.54 bits per heavy atom. The second-order valence-corrected chi connectivity index (χ2v) is 10.3. The minimum absolute atomic E-state index is 0.419. The van der Waals surface area contributed by atoms with Crippen LogP contribution in [0.15, 0.2) is 46.8 Å². The van der Waals surface area contributed by atoms with Crippen LogP contribution in [0, 0.1) is 0 Å². The molecule has 0 radical (unpaired) electrons. The Morgan fingerprint density at radius 2 is 1.85 bits per heavy atom. The minimum atomic E-state index is -3.35. The first-order chi connectivity index (χ1) is 12.5. The van der Waals surface area contributed by atoms with Crippen molar-refractivity contribution in [1.82, 2.24) is 8.87 Å². The molecule has 0 spiro atoms. The number of para-hydroxylation sites is 1. The fourth-order valence-electron chi connectivity index (χ4n) is 3.92. The van der Waals surface area contributed by atoms with E-state index in [9.17, 15) is 8.42 Å². The van der Waals surface area contributed by atoms with Crippen molar-refractivity contribution in [3.8, 4) is 0 Å². The summed E-state index contributed by atoms with van der Waals surface area (Å²) in [6, 6.07) is 12.1. The van der Waals surface area contributed by atoms with E-state index in [4.69, 9.17) is 0 Å². The molecule has 0 unspecified atom stereocenters. The molecule has 4 rings (SSSR count). The van der Waals surface area contributed by atoms with E-state index in [-0.39, 0.29) is 0 Å². The van der Waals surface area contributed by atoms with E-state index < -0.39 is 10.0 Å². The van der Waals surface area contributed by atoms with Gasteiger partial charge in [0.05, 0.1) is 0 Å². The number of aryl methyl sites for hydroxylation is 2. The zero-order valence-corrected chi connectivity index (χ0v) is 16.8. The molecule has 0 amide bonds. The largest absolute Gasteiger partial charge is 0.350 e. The number of fused-ring (bicyclic) bond motifs is 1. The zero-order valence-electron chi connectivity index (χ0n) is 15.2. The number of rotatable bonds is 4. The molecule has 1 aromatic carbocycles. The summed E-state index contributed by atoms with van der Waals surface area (Å²) in [6.07, 6.45) is 4.84. The summed E-state index contributed by atoms with van der Waals surface area (Å²) in [5.74, 6) is 0.419. The maximum atomic E-state index is 12.9. The minimum Gasteiger partial charge on any atom is -0.350 e. The lowest BCUT2D eigenvalue weighted by Crippen LogP contribution is -2.37. The van der Waals surface area contributed by atoms with E-state index in [2.05, 4.69) is 49.0 Å². The Kier molecular flexibility index (Phi) is 4.67. The van der Waals surface area contributed by atoms with Crippen molar-refractivity contribution in [1.29, 1.82) is 0 Å². The summed E-state index contributed by atoms with van der Waals surface area (Å²) in [4.78, 5) is 1.12. The molecule has 0 saturated carbocycles. The monoisotopic (exact) mass is 388 g/mol. The molecule has 0 bridgehead atoms. The lowest BCUT2D eigenvalue weighted by molar-refractivity contribution is 0.321. The Labute approximate surface area is 159 Å². The highest BCUT2D eigenvalue weighted by molar-refractivity contribution is 7.91.